The van der Waals surface area contributed by atoms with E-state index in [1.54, 1.807) is 22.2 Å². The van der Waals surface area contributed by atoms with Crippen LogP contribution in [0.1, 0.15) is 11.3 Å². The molecule has 0 aromatic carbocycles. The number of anilines is 2. The molecule has 80 valence electrons. The third kappa shape index (κ3) is 2.10. The highest BCUT2D eigenvalue weighted by Gasteiger charge is 2.04. The molecule has 2 rings (SSSR count). The predicted octanol–water partition coefficient (Wildman–Crippen LogP) is 1.38. The van der Waals surface area contributed by atoms with Crippen molar-refractivity contribution in [3.05, 3.63) is 22.8 Å². The molecule has 0 radical (unpaired) electrons. The first-order chi connectivity index (χ1) is 7.16. The van der Waals surface area contributed by atoms with E-state index in [4.69, 9.17) is 5.73 Å². The quantitative estimate of drug-likeness (QED) is 0.824. The van der Waals surface area contributed by atoms with E-state index in [2.05, 4.69) is 15.4 Å². The lowest BCUT2D eigenvalue weighted by atomic mass is 10.3. The number of hydrogen-bond acceptors (Lipinski definition) is 5. The normalized spacial score (nSPS) is 10.5. The van der Waals surface area contributed by atoms with Gasteiger partial charge in [0.1, 0.15) is 5.82 Å². The van der Waals surface area contributed by atoms with Crippen molar-refractivity contribution >= 4 is 22.3 Å². The molecule has 0 unspecified atom stereocenters. The minimum absolute atomic E-state index is 0.659. The van der Waals surface area contributed by atoms with Crippen LogP contribution in [0.4, 0.5) is 10.9 Å². The van der Waals surface area contributed by atoms with Gasteiger partial charge in [0, 0.05) is 24.5 Å². The summed E-state index contributed by atoms with van der Waals surface area (Å²) in [4.78, 5) is 4.30. The van der Waals surface area contributed by atoms with Crippen LogP contribution < -0.4 is 11.1 Å². The first-order valence-electron chi connectivity index (χ1n) is 4.59. The molecule has 0 saturated heterocycles. The molecular weight excluding hydrogens is 210 g/mol. The molecule has 0 saturated carbocycles. The number of thiazole rings is 1. The summed E-state index contributed by atoms with van der Waals surface area (Å²) >= 11 is 1.59. The zero-order chi connectivity index (χ0) is 10.8. The first-order valence-corrected chi connectivity index (χ1v) is 5.47. The molecule has 0 fully saturated rings. The van der Waals surface area contributed by atoms with Crippen LogP contribution in [0.25, 0.3) is 0 Å². The highest BCUT2D eigenvalue weighted by Crippen LogP contribution is 2.17. The van der Waals surface area contributed by atoms with Crippen LogP contribution in [0.5, 0.6) is 0 Å². The summed E-state index contributed by atoms with van der Waals surface area (Å²) in [6.45, 7) is 2.63. The lowest BCUT2D eigenvalue weighted by molar-refractivity contribution is 0.778. The van der Waals surface area contributed by atoms with Gasteiger partial charge in [-0.05, 0) is 6.92 Å². The number of nitrogens with two attached hydrogens (primary N) is 1. The van der Waals surface area contributed by atoms with E-state index in [0.29, 0.717) is 12.4 Å². The van der Waals surface area contributed by atoms with Gasteiger partial charge in [0.25, 0.3) is 0 Å². The topological polar surface area (TPSA) is 68.8 Å². The minimum Gasteiger partial charge on any atom is -0.384 e. The second-order valence-electron chi connectivity index (χ2n) is 3.33. The van der Waals surface area contributed by atoms with Crippen molar-refractivity contribution in [2.24, 2.45) is 7.05 Å². The van der Waals surface area contributed by atoms with Crippen molar-refractivity contribution < 1.29 is 0 Å². The SMILES string of the molecule is Cc1csc(NCc2cnn(C)c2N)n1. The summed E-state index contributed by atoms with van der Waals surface area (Å²) < 4.78 is 1.66. The third-order valence-corrected chi connectivity index (χ3v) is 3.03. The summed E-state index contributed by atoms with van der Waals surface area (Å²) in [7, 11) is 1.83. The smallest absolute Gasteiger partial charge is 0.183 e. The van der Waals surface area contributed by atoms with Crippen molar-refractivity contribution in [1.82, 2.24) is 14.8 Å². The van der Waals surface area contributed by atoms with Gasteiger partial charge in [0.2, 0.25) is 0 Å². The van der Waals surface area contributed by atoms with Crippen LogP contribution in [0.3, 0.4) is 0 Å². The highest BCUT2D eigenvalue weighted by atomic mass is 32.1. The molecule has 2 aromatic rings. The lowest BCUT2D eigenvalue weighted by Crippen LogP contribution is -2.03. The van der Waals surface area contributed by atoms with Crippen LogP contribution in [0.2, 0.25) is 0 Å². The Hall–Kier alpha value is -1.56. The van der Waals surface area contributed by atoms with Gasteiger partial charge in [-0.15, -0.1) is 11.3 Å². The van der Waals surface area contributed by atoms with E-state index < -0.39 is 0 Å². The van der Waals surface area contributed by atoms with Crippen LogP contribution in [0, 0.1) is 6.92 Å². The van der Waals surface area contributed by atoms with Crippen LogP contribution in [-0.4, -0.2) is 14.8 Å². The molecule has 0 amide bonds. The van der Waals surface area contributed by atoms with Crippen LogP contribution in [0.15, 0.2) is 11.6 Å². The molecule has 0 spiro atoms. The summed E-state index contributed by atoms with van der Waals surface area (Å²) in [5, 5.41) is 10.2. The number of aromatic nitrogens is 3. The minimum atomic E-state index is 0.659. The number of nitrogens with one attached hydrogen (secondary N) is 1. The maximum absolute atomic E-state index is 5.82. The van der Waals surface area contributed by atoms with Crippen molar-refractivity contribution in [2.75, 3.05) is 11.1 Å². The molecule has 5 nitrogen and oxygen atoms in total. The van der Waals surface area contributed by atoms with Crippen molar-refractivity contribution in [3.63, 3.8) is 0 Å². The molecule has 3 N–H and O–H groups in total. The lowest BCUT2D eigenvalue weighted by Gasteiger charge is -2.01. The number of nitrogen functional groups attached to an aromatic ring is 1. The average molecular weight is 223 g/mol. The Kier molecular flexibility index (Phi) is 2.59. The largest absolute Gasteiger partial charge is 0.384 e. The molecule has 0 atom stereocenters. The van der Waals surface area contributed by atoms with Gasteiger partial charge in [-0.3, -0.25) is 4.68 Å². The highest BCUT2D eigenvalue weighted by molar-refractivity contribution is 7.13. The number of aryl methyl sites for hydroxylation is 2. The van der Waals surface area contributed by atoms with Gasteiger partial charge in [0.15, 0.2) is 5.13 Å². The van der Waals surface area contributed by atoms with E-state index in [0.717, 1.165) is 16.4 Å². The second-order valence-corrected chi connectivity index (χ2v) is 4.18. The molecule has 0 aliphatic carbocycles. The van der Waals surface area contributed by atoms with Crippen molar-refractivity contribution in [3.8, 4) is 0 Å². The molecule has 2 aromatic heterocycles. The van der Waals surface area contributed by atoms with Gasteiger partial charge in [0.05, 0.1) is 11.9 Å². The van der Waals surface area contributed by atoms with E-state index in [1.165, 1.54) is 0 Å². The summed E-state index contributed by atoms with van der Waals surface area (Å²) in [6.07, 6.45) is 1.77. The number of rotatable bonds is 3. The molecule has 15 heavy (non-hydrogen) atoms. The summed E-state index contributed by atoms with van der Waals surface area (Å²) in [6, 6.07) is 0. The fourth-order valence-electron chi connectivity index (χ4n) is 1.23. The van der Waals surface area contributed by atoms with Gasteiger partial charge in [-0.2, -0.15) is 5.10 Å². The standard InChI is InChI=1S/C9H13N5S/c1-6-5-15-9(13-6)11-3-7-4-12-14(2)8(7)10/h4-5H,3,10H2,1-2H3,(H,11,13). The summed E-state index contributed by atoms with van der Waals surface area (Å²) in [5.41, 5.74) is 7.84. The Morgan fingerprint density at radius 1 is 1.60 bits per heavy atom. The molecule has 0 aliphatic rings. The van der Waals surface area contributed by atoms with Crippen molar-refractivity contribution in [2.45, 2.75) is 13.5 Å². The Bertz CT molecular complexity index is 459. The molecule has 0 aliphatic heterocycles. The van der Waals surface area contributed by atoms with Crippen LogP contribution >= 0.6 is 11.3 Å². The van der Waals surface area contributed by atoms with Crippen LogP contribution in [-0.2, 0) is 13.6 Å². The van der Waals surface area contributed by atoms with Gasteiger partial charge in [-0.25, -0.2) is 4.98 Å². The Morgan fingerprint density at radius 2 is 2.40 bits per heavy atom. The predicted molar refractivity (Wildman–Crippen MR) is 61.8 cm³/mol. The molecular formula is C9H13N5S. The first kappa shape index (κ1) is 9.97. The zero-order valence-corrected chi connectivity index (χ0v) is 9.51. The van der Waals surface area contributed by atoms with E-state index in [-0.39, 0.29) is 0 Å². The Balaban J connectivity index is 2.02. The van der Waals surface area contributed by atoms with E-state index in [9.17, 15) is 0 Å². The molecule has 2 heterocycles. The fraction of sp³-hybridized carbons (Fsp3) is 0.333. The molecule has 6 heteroatoms. The Labute approximate surface area is 91.9 Å². The van der Waals surface area contributed by atoms with E-state index in [1.807, 2.05) is 19.4 Å². The maximum Gasteiger partial charge on any atom is 0.183 e. The van der Waals surface area contributed by atoms with Gasteiger partial charge >= 0.3 is 0 Å². The molecule has 0 bridgehead atoms. The fourth-order valence-corrected chi connectivity index (χ4v) is 1.92. The zero-order valence-electron chi connectivity index (χ0n) is 8.69. The Morgan fingerprint density at radius 3 is 2.93 bits per heavy atom. The van der Waals surface area contributed by atoms with Gasteiger partial charge in [-0.1, -0.05) is 0 Å². The van der Waals surface area contributed by atoms with Gasteiger partial charge < -0.3 is 11.1 Å². The van der Waals surface area contributed by atoms with Crippen molar-refractivity contribution in [1.29, 1.82) is 0 Å². The van der Waals surface area contributed by atoms with E-state index >= 15 is 0 Å². The third-order valence-electron chi connectivity index (χ3n) is 2.11. The number of hydrogen-bond donors (Lipinski definition) is 2. The summed E-state index contributed by atoms with van der Waals surface area (Å²) in [5.74, 6) is 0.691. The second kappa shape index (κ2) is 3.90. The number of nitrogens with zero attached hydrogens (tertiary/aromatic N) is 3. The average Bonchev–Trinajstić information content (AvgIpc) is 2.74. The monoisotopic (exact) mass is 223 g/mol. The maximum atomic E-state index is 5.82.